The van der Waals surface area contributed by atoms with Crippen molar-refractivity contribution in [3.8, 4) is 0 Å². The number of alkyl halides is 3. The minimum Gasteiger partial charge on any atom is -0.369 e. The topological polar surface area (TPSA) is 35.2 Å². The van der Waals surface area contributed by atoms with Gasteiger partial charge < -0.3 is 10.5 Å². The Hall–Kier alpha value is -0.290. The molecule has 0 aromatic carbocycles. The molecule has 0 aliphatic rings. The Labute approximate surface area is 82.6 Å². The lowest BCUT2D eigenvalue weighted by molar-refractivity contribution is -0.214. The van der Waals surface area contributed by atoms with Gasteiger partial charge in [0.2, 0.25) is 0 Å². The van der Waals surface area contributed by atoms with Gasteiger partial charge in [-0.3, -0.25) is 0 Å². The van der Waals surface area contributed by atoms with Crippen molar-refractivity contribution in [3.63, 3.8) is 0 Å². The molecule has 14 heavy (non-hydrogen) atoms. The van der Waals surface area contributed by atoms with Crippen molar-refractivity contribution in [3.05, 3.63) is 0 Å². The third-order valence-electron chi connectivity index (χ3n) is 1.93. The van der Waals surface area contributed by atoms with E-state index in [0.717, 1.165) is 26.2 Å². The van der Waals surface area contributed by atoms with Gasteiger partial charge in [0.05, 0.1) is 0 Å². The maximum Gasteiger partial charge on any atom is 0.414 e. The molecule has 0 amide bonds. The Morgan fingerprint density at radius 1 is 1.14 bits per heavy atom. The van der Waals surface area contributed by atoms with E-state index in [1.54, 1.807) is 0 Å². The average molecular weight is 213 g/mol. The Morgan fingerprint density at radius 2 is 1.71 bits per heavy atom. The fourth-order valence-corrected chi connectivity index (χ4v) is 0.955. The molecule has 1 unspecified atom stereocenters. The van der Waals surface area contributed by atoms with Crippen molar-refractivity contribution in [2.24, 2.45) is 5.73 Å². The van der Waals surface area contributed by atoms with Crippen molar-refractivity contribution in [2.45, 2.75) is 44.9 Å². The summed E-state index contributed by atoms with van der Waals surface area (Å²) >= 11 is 0. The Balaban J connectivity index is 3.28. The zero-order valence-corrected chi connectivity index (χ0v) is 8.44. The number of rotatable bonds is 7. The molecule has 0 saturated carbocycles. The van der Waals surface area contributed by atoms with Gasteiger partial charge in [0.25, 0.3) is 0 Å². The van der Waals surface area contributed by atoms with E-state index in [1.807, 2.05) is 0 Å². The van der Waals surface area contributed by atoms with Gasteiger partial charge in [-0.1, -0.05) is 12.8 Å². The summed E-state index contributed by atoms with van der Waals surface area (Å²) in [5.74, 6) is 0. The van der Waals surface area contributed by atoms with Crippen molar-refractivity contribution < 1.29 is 17.9 Å². The molecule has 2 N–H and O–H groups in total. The molecule has 0 heterocycles. The van der Waals surface area contributed by atoms with E-state index in [1.165, 1.54) is 0 Å². The number of nitrogens with two attached hydrogens (primary N) is 1. The quantitative estimate of drug-likeness (QED) is 0.659. The maximum atomic E-state index is 11.9. The number of hydrogen-bond donors (Lipinski definition) is 1. The molecule has 0 saturated heterocycles. The van der Waals surface area contributed by atoms with E-state index >= 15 is 0 Å². The lowest BCUT2D eigenvalue weighted by atomic mass is 10.2. The van der Waals surface area contributed by atoms with Gasteiger partial charge in [-0.15, -0.1) is 0 Å². The molecule has 0 spiro atoms. The van der Waals surface area contributed by atoms with Gasteiger partial charge in [0.1, 0.15) is 0 Å². The zero-order chi connectivity index (χ0) is 11.0. The maximum absolute atomic E-state index is 11.9. The first-order valence-electron chi connectivity index (χ1n) is 4.87. The van der Waals surface area contributed by atoms with E-state index in [2.05, 4.69) is 4.74 Å². The van der Waals surface area contributed by atoms with E-state index < -0.39 is 12.3 Å². The van der Waals surface area contributed by atoms with E-state index in [0.29, 0.717) is 13.0 Å². The SMILES string of the molecule is CC(OCCCCCCN)C(F)(F)F. The van der Waals surface area contributed by atoms with Crippen LogP contribution in [0.25, 0.3) is 0 Å². The minimum atomic E-state index is -4.24. The van der Waals surface area contributed by atoms with E-state index in [-0.39, 0.29) is 6.61 Å². The van der Waals surface area contributed by atoms with Crippen LogP contribution in [0.3, 0.4) is 0 Å². The molecule has 0 aromatic rings. The first-order chi connectivity index (χ1) is 6.48. The van der Waals surface area contributed by atoms with Crippen molar-refractivity contribution in [1.29, 1.82) is 0 Å². The molecule has 1 atom stereocenters. The lowest BCUT2D eigenvalue weighted by Crippen LogP contribution is -2.28. The Kier molecular flexibility index (Phi) is 6.92. The highest BCUT2D eigenvalue weighted by Crippen LogP contribution is 2.22. The van der Waals surface area contributed by atoms with E-state index in [4.69, 9.17) is 5.73 Å². The summed E-state index contributed by atoms with van der Waals surface area (Å²) in [6.07, 6.45) is -2.47. The van der Waals surface area contributed by atoms with Gasteiger partial charge in [0.15, 0.2) is 6.10 Å². The van der Waals surface area contributed by atoms with Crippen molar-refractivity contribution in [1.82, 2.24) is 0 Å². The Morgan fingerprint density at radius 3 is 2.21 bits per heavy atom. The lowest BCUT2D eigenvalue weighted by Gasteiger charge is -2.15. The predicted molar refractivity (Wildman–Crippen MR) is 49.0 cm³/mol. The summed E-state index contributed by atoms with van der Waals surface area (Å²) in [6, 6.07) is 0. The fraction of sp³-hybridized carbons (Fsp3) is 1.00. The van der Waals surface area contributed by atoms with Crippen LogP contribution in [0.1, 0.15) is 32.6 Å². The Bertz CT molecular complexity index is 139. The predicted octanol–water partition coefficient (Wildman–Crippen LogP) is 2.47. The molecule has 0 fully saturated rings. The summed E-state index contributed by atoms with van der Waals surface area (Å²) in [5, 5.41) is 0. The highest BCUT2D eigenvalue weighted by Gasteiger charge is 2.36. The normalized spacial score (nSPS) is 14.4. The van der Waals surface area contributed by atoms with Gasteiger partial charge in [0, 0.05) is 6.61 Å². The first kappa shape index (κ1) is 13.7. The molecule has 0 radical (unpaired) electrons. The molecule has 0 aliphatic heterocycles. The van der Waals surface area contributed by atoms with Crippen LogP contribution in [-0.4, -0.2) is 25.4 Å². The molecule has 86 valence electrons. The second-order valence-electron chi connectivity index (χ2n) is 3.26. The van der Waals surface area contributed by atoms with Crippen LogP contribution in [0.5, 0.6) is 0 Å². The standard InChI is InChI=1S/C9H18F3NO/c1-8(9(10,11)12)14-7-5-3-2-4-6-13/h8H,2-7,13H2,1H3. The van der Waals surface area contributed by atoms with Crippen LogP contribution in [-0.2, 0) is 4.74 Å². The first-order valence-corrected chi connectivity index (χ1v) is 4.87. The van der Waals surface area contributed by atoms with Gasteiger partial charge in [-0.2, -0.15) is 13.2 Å². The number of unbranched alkanes of at least 4 members (excludes halogenated alkanes) is 3. The van der Waals surface area contributed by atoms with Gasteiger partial charge >= 0.3 is 6.18 Å². The highest BCUT2D eigenvalue weighted by molar-refractivity contribution is 4.60. The van der Waals surface area contributed by atoms with Crippen LogP contribution in [0, 0.1) is 0 Å². The van der Waals surface area contributed by atoms with Crippen LogP contribution in [0.4, 0.5) is 13.2 Å². The molecule has 0 aromatic heterocycles. The molecule has 0 rings (SSSR count). The summed E-state index contributed by atoms with van der Waals surface area (Å²) in [7, 11) is 0. The van der Waals surface area contributed by atoms with Crippen molar-refractivity contribution >= 4 is 0 Å². The zero-order valence-electron chi connectivity index (χ0n) is 8.44. The summed E-state index contributed by atoms with van der Waals surface area (Å²) < 4.78 is 40.4. The fourth-order valence-electron chi connectivity index (χ4n) is 0.955. The number of ether oxygens (including phenoxy) is 1. The van der Waals surface area contributed by atoms with Crippen LogP contribution in [0.15, 0.2) is 0 Å². The minimum absolute atomic E-state index is 0.172. The average Bonchev–Trinajstić information content (AvgIpc) is 2.09. The van der Waals surface area contributed by atoms with Crippen molar-refractivity contribution in [2.75, 3.05) is 13.2 Å². The smallest absolute Gasteiger partial charge is 0.369 e. The highest BCUT2D eigenvalue weighted by atomic mass is 19.4. The second-order valence-corrected chi connectivity index (χ2v) is 3.26. The largest absolute Gasteiger partial charge is 0.414 e. The molecule has 0 aliphatic carbocycles. The summed E-state index contributed by atoms with van der Waals surface area (Å²) in [4.78, 5) is 0. The molecular formula is C9H18F3NO. The molecular weight excluding hydrogens is 195 g/mol. The number of hydrogen-bond acceptors (Lipinski definition) is 2. The van der Waals surface area contributed by atoms with Crippen LogP contribution >= 0.6 is 0 Å². The summed E-state index contributed by atoms with van der Waals surface area (Å²) in [6.45, 7) is 1.84. The molecule has 0 bridgehead atoms. The third kappa shape index (κ3) is 7.15. The summed E-state index contributed by atoms with van der Waals surface area (Å²) in [5.41, 5.74) is 5.27. The molecule has 2 nitrogen and oxygen atoms in total. The molecule has 5 heteroatoms. The monoisotopic (exact) mass is 213 g/mol. The second kappa shape index (κ2) is 7.06. The van der Waals surface area contributed by atoms with Crippen LogP contribution < -0.4 is 5.73 Å². The van der Waals surface area contributed by atoms with Gasteiger partial charge in [-0.05, 0) is 26.3 Å². The number of halogens is 3. The third-order valence-corrected chi connectivity index (χ3v) is 1.93. The van der Waals surface area contributed by atoms with Crippen LogP contribution in [0.2, 0.25) is 0 Å². The van der Waals surface area contributed by atoms with E-state index in [9.17, 15) is 13.2 Å². The van der Waals surface area contributed by atoms with Gasteiger partial charge in [-0.25, -0.2) is 0 Å².